The van der Waals surface area contributed by atoms with Crippen LogP contribution in [0.3, 0.4) is 0 Å². The Labute approximate surface area is 151 Å². The highest BCUT2D eigenvalue weighted by molar-refractivity contribution is 6.22. The van der Waals surface area contributed by atoms with Crippen LogP contribution in [-0.2, 0) is 4.79 Å². The minimum Gasteiger partial charge on any atom is -0.496 e. The van der Waals surface area contributed by atoms with Gasteiger partial charge in [0.15, 0.2) is 6.19 Å². The van der Waals surface area contributed by atoms with Crippen LogP contribution in [0, 0.1) is 23.8 Å². The number of carbonyl (C=O) groups is 1. The maximum absolute atomic E-state index is 11.3. The quantitative estimate of drug-likeness (QED) is 0.387. The summed E-state index contributed by atoms with van der Waals surface area (Å²) in [7, 11) is 11.4. The fraction of sp³-hybridized carbons (Fsp3) is 0.235. The molecule has 0 aliphatic rings. The second-order valence-corrected chi connectivity index (χ2v) is 3.89. The molecule has 3 N–H and O–H groups in total. The van der Waals surface area contributed by atoms with Crippen molar-refractivity contribution in [1.29, 1.82) is 5.26 Å². The first-order valence-electron chi connectivity index (χ1n) is 7.05. The Morgan fingerprint density at radius 1 is 1.44 bits per heavy atom. The van der Waals surface area contributed by atoms with Crippen LogP contribution >= 0.6 is 0 Å². The predicted octanol–water partition coefficient (Wildman–Crippen LogP) is 2.04. The number of ether oxygens (including phenoxy) is 1. The Bertz CT molecular complexity index is 713. The molecule has 1 amide bonds. The van der Waals surface area contributed by atoms with Crippen LogP contribution in [0.15, 0.2) is 30.5 Å². The number of nitrogens with two attached hydrogens (primary N) is 1. The van der Waals surface area contributed by atoms with Gasteiger partial charge in [-0.15, -0.1) is 12.3 Å². The molecule has 4 radical (unpaired) electrons. The summed E-state index contributed by atoms with van der Waals surface area (Å²) in [5, 5.41) is 10.7. The minimum atomic E-state index is -0.248. The number of nitrogens with one attached hydrogen (secondary N) is 1. The van der Waals surface area contributed by atoms with Crippen LogP contribution in [-0.4, -0.2) is 33.7 Å². The van der Waals surface area contributed by atoms with Gasteiger partial charge in [-0.2, -0.15) is 5.26 Å². The standard InChI is InChI=1S/C12H11BN2O2.C3H4.CH3B.CH2N2/c1-17-10-5-4-9(15-11(16)7-13)12-8(10)3-2-6-14-12;1-3-2;1-2;2-1-3/h2-6H,7H2,1H3,(H,15,16);1H,2H3;1H3;2H2. The van der Waals surface area contributed by atoms with Crippen molar-refractivity contribution in [2.45, 2.75) is 20.1 Å². The Hall–Kier alpha value is -3.12. The van der Waals surface area contributed by atoms with E-state index in [0.717, 1.165) is 11.1 Å². The third kappa shape index (κ3) is 8.92. The molecule has 0 atom stereocenters. The van der Waals surface area contributed by atoms with E-state index in [1.165, 1.54) is 13.0 Å². The number of aromatic nitrogens is 1. The molecule has 0 fully saturated rings. The SMILES string of the molecule is C#CC.N#CN.[B]C.[B]CC(=O)Nc1ccc(OC)c2cccnc12. The molecule has 25 heavy (non-hydrogen) atoms. The molecule has 0 spiro atoms. The Morgan fingerprint density at radius 2 is 2.00 bits per heavy atom. The number of methoxy groups -OCH3 is 1. The van der Waals surface area contributed by atoms with Crippen LogP contribution in [0.2, 0.25) is 13.1 Å². The first-order valence-corrected chi connectivity index (χ1v) is 7.05. The number of terminal acetylenes is 1. The number of nitrogens with zero attached hydrogens (tertiary/aromatic N) is 2. The van der Waals surface area contributed by atoms with Gasteiger partial charge in [0.05, 0.1) is 34.0 Å². The van der Waals surface area contributed by atoms with Gasteiger partial charge in [0.2, 0.25) is 5.91 Å². The van der Waals surface area contributed by atoms with Gasteiger partial charge >= 0.3 is 0 Å². The van der Waals surface area contributed by atoms with E-state index in [4.69, 9.17) is 17.8 Å². The predicted molar refractivity (Wildman–Crippen MR) is 103 cm³/mol. The summed E-state index contributed by atoms with van der Waals surface area (Å²) >= 11 is 0. The molecule has 126 valence electrons. The highest BCUT2D eigenvalue weighted by Gasteiger charge is 2.08. The van der Waals surface area contributed by atoms with Gasteiger partial charge in [-0.3, -0.25) is 9.78 Å². The molecule has 1 aromatic carbocycles. The van der Waals surface area contributed by atoms with Crippen molar-refractivity contribution in [1.82, 2.24) is 4.98 Å². The van der Waals surface area contributed by atoms with E-state index < -0.39 is 0 Å². The van der Waals surface area contributed by atoms with Crippen molar-refractivity contribution < 1.29 is 9.53 Å². The van der Waals surface area contributed by atoms with Gasteiger partial charge in [0.25, 0.3) is 0 Å². The summed E-state index contributed by atoms with van der Waals surface area (Å²) in [4.78, 5) is 15.5. The normalized spacial score (nSPS) is 7.72. The van der Waals surface area contributed by atoms with Crippen LogP contribution in [0.1, 0.15) is 6.92 Å². The molecule has 0 aliphatic heterocycles. The Balaban J connectivity index is 0. The molecule has 2 rings (SSSR count). The zero-order valence-electron chi connectivity index (χ0n) is 14.6. The van der Waals surface area contributed by atoms with Gasteiger partial charge in [-0.1, -0.05) is 6.82 Å². The highest BCUT2D eigenvalue weighted by atomic mass is 16.5. The zero-order chi connectivity index (χ0) is 19.7. The molecule has 0 saturated carbocycles. The molecule has 2 aromatic rings. The second-order valence-electron chi connectivity index (χ2n) is 3.89. The summed E-state index contributed by atoms with van der Waals surface area (Å²) in [6, 6.07) is 7.25. The third-order valence-electron chi connectivity index (χ3n) is 2.41. The average Bonchev–Trinajstić information content (AvgIpc) is 2.65. The van der Waals surface area contributed by atoms with Crippen LogP contribution < -0.4 is 15.8 Å². The lowest BCUT2D eigenvalue weighted by Crippen LogP contribution is -2.10. The summed E-state index contributed by atoms with van der Waals surface area (Å²) < 4.78 is 5.24. The molecule has 1 heterocycles. The molecule has 0 unspecified atom stereocenters. The number of rotatable bonds is 3. The average molecular weight is 334 g/mol. The topological polar surface area (TPSA) is 101 Å². The lowest BCUT2D eigenvalue weighted by molar-refractivity contribution is -0.114. The summed E-state index contributed by atoms with van der Waals surface area (Å²) in [6.45, 7) is 3.15. The maximum Gasteiger partial charge on any atom is 0.215 e. The number of nitriles is 1. The second kappa shape index (κ2) is 15.8. The van der Waals surface area contributed by atoms with Crippen molar-refractivity contribution in [2.24, 2.45) is 5.73 Å². The van der Waals surface area contributed by atoms with E-state index in [1.807, 2.05) is 12.1 Å². The third-order valence-corrected chi connectivity index (χ3v) is 2.41. The van der Waals surface area contributed by atoms with Crippen LogP contribution in [0.5, 0.6) is 5.75 Å². The number of pyridine rings is 1. The first-order chi connectivity index (χ1) is 12.1. The Kier molecular flexibility index (Phi) is 15.2. The van der Waals surface area contributed by atoms with Gasteiger partial charge in [-0.25, -0.2) is 0 Å². The molecule has 1 aromatic heterocycles. The molecule has 6 nitrogen and oxygen atoms in total. The summed E-state index contributed by atoms with van der Waals surface area (Å²) in [5.74, 6) is 2.72. The van der Waals surface area contributed by atoms with Crippen molar-refractivity contribution in [3.8, 4) is 24.3 Å². The van der Waals surface area contributed by atoms with E-state index in [2.05, 4.69) is 36.2 Å². The Morgan fingerprint density at radius 3 is 2.48 bits per heavy atom. The van der Waals surface area contributed by atoms with E-state index in [1.54, 1.807) is 32.4 Å². The number of anilines is 1. The van der Waals surface area contributed by atoms with Gasteiger partial charge < -0.3 is 15.8 Å². The summed E-state index contributed by atoms with van der Waals surface area (Å²) in [6.07, 6.45) is 7.46. The lowest BCUT2D eigenvalue weighted by atomic mass is 10.0. The van der Waals surface area contributed by atoms with Gasteiger partial charge in [0.1, 0.15) is 5.75 Å². The van der Waals surface area contributed by atoms with E-state index >= 15 is 0 Å². The molecular weight excluding hydrogens is 314 g/mol. The van der Waals surface area contributed by atoms with Crippen molar-refractivity contribution in [3.63, 3.8) is 0 Å². The number of amides is 1. The van der Waals surface area contributed by atoms with E-state index in [-0.39, 0.29) is 12.2 Å². The number of carbonyl (C=O) groups excluding carboxylic acids is 1. The zero-order valence-corrected chi connectivity index (χ0v) is 14.6. The number of hydrogen-bond donors (Lipinski definition) is 2. The minimum absolute atomic E-state index is 0.0552. The number of benzene rings is 1. The maximum atomic E-state index is 11.3. The number of fused-ring (bicyclic) bond motifs is 1. The van der Waals surface area contributed by atoms with Crippen LogP contribution in [0.4, 0.5) is 5.69 Å². The van der Waals surface area contributed by atoms with Gasteiger partial charge in [-0.05, 0) is 37.5 Å². The lowest BCUT2D eigenvalue weighted by Gasteiger charge is -2.10. The molecule has 0 bridgehead atoms. The fourth-order valence-electron chi connectivity index (χ4n) is 1.63. The monoisotopic (exact) mass is 334 g/mol. The van der Waals surface area contributed by atoms with Gasteiger partial charge in [0, 0.05) is 11.6 Å². The van der Waals surface area contributed by atoms with E-state index in [0.29, 0.717) is 11.2 Å². The molecule has 0 aliphatic carbocycles. The molecule has 0 saturated heterocycles. The summed E-state index contributed by atoms with van der Waals surface area (Å²) in [5.41, 5.74) is 5.48. The van der Waals surface area contributed by atoms with Crippen LogP contribution in [0.25, 0.3) is 10.9 Å². The number of hydrogen-bond acceptors (Lipinski definition) is 5. The van der Waals surface area contributed by atoms with Crippen molar-refractivity contribution in [3.05, 3.63) is 30.5 Å². The van der Waals surface area contributed by atoms with Crippen molar-refractivity contribution in [2.75, 3.05) is 12.4 Å². The highest BCUT2D eigenvalue weighted by Crippen LogP contribution is 2.29. The molecule has 8 heteroatoms. The fourth-order valence-corrected chi connectivity index (χ4v) is 1.63. The largest absolute Gasteiger partial charge is 0.496 e. The van der Waals surface area contributed by atoms with Crippen molar-refractivity contribution >= 4 is 38.2 Å². The smallest absolute Gasteiger partial charge is 0.215 e. The van der Waals surface area contributed by atoms with E-state index in [9.17, 15) is 4.79 Å². The first kappa shape index (κ1) is 24.1. The molecular formula is C17H20B2N4O2.